The molecule has 0 aliphatic heterocycles. The quantitative estimate of drug-likeness (QED) is 0.453. The van der Waals surface area contributed by atoms with Gasteiger partial charge in [-0.3, -0.25) is 4.98 Å². The normalized spacial score (nSPS) is 10.9. The molecule has 1 N–H and O–H groups in total. The van der Waals surface area contributed by atoms with Crippen LogP contribution in [0.2, 0.25) is 0 Å². The zero-order chi connectivity index (χ0) is 16.9. The van der Waals surface area contributed by atoms with E-state index in [4.69, 9.17) is 4.98 Å². The lowest BCUT2D eigenvalue weighted by atomic mass is 10.2. The molecule has 0 atom stereocenters. The first-order chi connectivity index (χ1) is 12.4. The number of anilines is 1. The second kappa shape index (κ2) is 7.68. The lowest BCUT2D eigenvalue weighted by Gasteiger charge is -2.05. The first-order valence-corrected chi connectivity index (χ1v) is 9.87. The highest BCUT2D eigenvalue weighted by molar-refractivity contribution is 8.00. The Kier molecular flexibility index (Phi) is 4.95. The van der Waals surface area contributed by atoms with Crippen molar-refractivity contribution in [3.05, 3.63) is 84.2 Å². The van der Waals surface area contributed by atoms with Crippen LogP contribution in [0.3, 0.4) is 0 Å². The Hall–Kier alpha value is -2.37. The summed E-state index contributed by atoms with van der Waals surface area (Å²) in [6.45, 7) is 0.772. The van der Waals surface area contributed by atoms with Gasteiger partial charge in [-0.1, -0.05) is 48.2 Å². The largest absolute Gasteiger partial charge is 0.381 e. The highest BCUT2D eigenvalue weighted by Crippen LogP contribution is 2.32. The van der Waals surface area contributed by atoms with E-state index in [9.17, 15) is 0 Å². The van der Waals surface area contributed by atoms with E-state index in [0.29, 0.717) is 0 Å². The number of hydrogen-bond acceptors (Lipinski definition) is 5. The number of aromatic nitrogens is 2. The molecule has 0 fully saturated rings. The number of thiazole rings is 1. The molecule has 25 heavy (non-hydrogen) atoms. The van der Waals surface area contributed by atoms with E-state index in [1.54, 1.807) is 29.3 Å². The molecule has 2 aromatic carbocycles. The van der Waals surface area contributed by atoms with Gasteiger partial charge in [-0.2, -0.15) is 0 Å². The number of hydrogen-bond donors (Lipinski definition) is 1. The van der Waals surface area contributed by atoms with Crippen molar-refractivity contribution in [1.82, 2.24) is 9.97 Å². The van der Waals surface area contributed by atoms with Crippen LogP contribution in [-0.2, 0) is 12.3 Å². The molecular weight excluding hydrogens is 346 g/mol. The van der Waals surface area contributed by atoms with Crippen molar-refractivity contribution < 1.29 is 0 Å². The van der Waals surface area contributed by atoms with E-state index in [-0.39, 0.29) is 0 Å². The standard InChI is InChI=1S/C20H17N3S2/c1-2-5-15(6-3-1)14-24-20-23-18-9-8-17(11-19(18)25-20)22-13-16-7-4-10-21-12-16/h1-12,22H,13-14H2. The molecule has 0 unspecified atom stereocenters. The van der Waals surface area contributed by atoms with Crippen LogP contribution in [0.15, 0.2) is 77.4 Å². The van der Waals surface area contributed by atoms with Crippen LogP contribution in [0.25, 0.3) is 10.2 Å². The highest BCUT2D eigenvalue weighted by atomic mass is 32.2. The Balaban J connectivity index is 1.44. The van der Waals surface area contributed by atoms with Crippen LogP contribution in [-0.4, -0.2) is 9.97 Å². The third-order valence-corrected chi connectivity index (χ3v) is 6.03. The van der Waals surface area contributed by atoms with Gasteiger partial charge >= 0.3 is 0 Å². The van der Waals surface area contributed by atoms with E-state index in [1.165, 1.54) is 15.8 Å². The Labute approximate surface area is 155 Å². The minimum absolute atomic E-state index is 0.772. The second-order valence-electron chi connectivity index (χ2n) is 5.65. The molecule has 0 saturated heterocycles. The Morgan fingerprint density at radius 1 is 0.960 bits per heavy atom. The molecule has 124 valence electrons. The van der Waals surface area contributed by atoms with Gasteiger partial charge in [-0.25, -0.2) is 4.98 Å². The van der Waals surface area contributed by atoms with Crippen LogP contribution in [0.5, 0.6) is 0 Å². The summed E-state index contributed by atoms with van der Waals surface area (Å²) in [5, 5.41) is 3.45. The fraction of sp³-hybridized carbons (Fsp3) is 0.100. The zero-order valence-corrected chi connectivity index (χ0v) is 15.2. The molecule has 0 spiro atoms. The van der Waals surface area contributed by atoms with Crippen molar-refractivity contribution in [2.24, 2.45) is 0 Å². The van der Waals surface area contributed by atoms with Gasteiger partial charge in [0.05, 0.1) is 10.2 Å². The molecule has 0 radical (unpaired) electrons. The van der Waals surface area contributed by atoms with Gasteiger partial charge in [0.15, 0.2) is 4.34 Å². The van der Waals surface area contributed by atoms with Gasteiger partial charge in [0.25, 0.3) is 0 Å². The van der Waals surface area contributed by atoms with Crippen LogP contribution < -0.4 is 5.32 Å². The van der Waals surface area contributed by atoms with Gasteiger partial charge in [0.2, 0.25) is 0 Å². The first kappa shape index (κ1) is 16.1. The van der Waals surface area contributed by atoms with Crippen molar-refractivity contribution in [2.75, 3.05) is 5.32 Å². The van der Waals surface area contributed by atoms with Crippen LogP contribution >= 0.6 is 23.1 Å². The molecule has 0 amide bonds. The van der Waals surface area contributed by atoms with Crippen LogP contribution in [0.1, 0.15) is 11.1 Å². The van der Waals surface area contributed by atoms with Gasteiger partial charge in [0.1, 0.15) is 0 Å². The zero-order valence-electron chi connectivity index (χ0n) is 13.6. The van der Waals surface area contributed by atoms with Crippen LogP contribution in [0, 0.1) is 0 Å². The van der Waals surface area contributed by atoms with E-state index in [1.807, 2.05) is 18.3 Å². The SMILES string of the molecule is c1ccc(CSc2nc3ccc(NCc4cccnc4)cc3s2)cc1. The average Bonchev–Trinajstić information content (AvgIpc) is 3.08. The Bertz CT molecular complexity index is 911. The maximum Gasteiger partial charge on any atom is 0.151 e. The predicted molar refractivity (Wildman–Crippen MR) is 107 cm³/mol. The van der Waals surface area contributed by atoms with Crippen LogP contribution in [0.4, 0.5) is 5.69 Å². The first-order valence-electron chi connectivity index (χ1n) is 8.07. The van der Waals surface area contributed by atoms with Gasteiger partial charge in [-0.05, 0) is 35.4 Å². The molecule has 4 aromatic rings. The molecule has 2 heterocycles. The fourth-order valence-electron chi connectivity index (χ4n) is 2.50. The van der Waals surface area contributed by atoms with Crippen molar-refractivity contribution in [3.63, 3.8) is 0 Å². The fourth-order valence-corrected chi connectivity index (χ4v) is 4.56. The topological polar surface area (TPSA) is 37.8 Å². The molecule has 0 saturated carbocycles. The smallest absolute Gasteiger partial charge is 0.151 e. The second-order valence-corrected chi connectivity index (χ2v) is 7.90. The number of rotatable bonds is 6. The summed E-state index contributed by atoms with van der Waals surface area (Å²) < 4.78 is 2.33. The van der Waals surface area contributed by atoms with Gasteiger partial charge in [0, 0.05) is 30.4 Å². The summed E-state index contributed by atoms with van der Waals surface area (Å²) in [5.41, 5.74) is 4.67. The van der Waals surface area contributed by atoms with Crippen molar-refractivity contribution in [3.8, 4) is 0 Å². The molecular formula is C20H17N3S2. The summed E-state index contributed by atoms with van der Waals surface area (Å²) in [4.78, 5) is 8.88. The lowest BCUT2D eigenvalue weighted by molar-refractivity contribution is 1.11. The van der Waals surface area contributed by atoms with E-state index in [0.717, 1.165) is 27.8 Å². The number of fused-ring (bicyclic) bond motifs is 1. The minimum atomic E-state index is 0.772. The Morgan fingerprint density at radius 2 is 1.84 bits per heavy atom. The third kappa shape index (κ3) is 4.18. The molecule has 0 aliphatic carbocycles. The highest BCUT2D eigenvalue weighted by Gasteiger charge is 2.06. The number of pyridine rings is 1. The third-order valence-electron chi connectivity index (χ3n) is 3.79. The van der Waals surface area contributed by atoms with Gasteiger partial charge in [-0.15, -0.1) is 11.3 Å². The molecule has 4 rings (SSSR count). The molecule has 0 bridgehead atoms. The van der Waals surface area contributed by atoms with Crippen molar-refractivity contribution in [2.45, 2.75) is 16.6 Å². The monoisotopic (exact) mass is 363 g/mol. The molecule has 3 nitrogen and oxygen atoms in total. The summed E-state index contributed by atoms with van der Waals surface area (Å²) in [5.74, 6) is 0.951. The maximum absolute atomic E-state index is 4.73. The lowest BCUT2D eigenvalue weighted by Crippen LogP contribution is -1.99. The summed E-state index contributed by atoms with van der Waals surface area (Å²) in [6.07, 6.45) is 3.68. The van der Waals surface area contributed by atoms with E-state index in [2.05, 4.69) is 58.8 Å². The summed E-state index contributed by atoms with van der Waals surface area (Å²) >= 11 is 3.55. The van der Waals surface area contributed by atoms with Gasteiger partial charge < -0.3 is 5.32 Å². The number of nitrogens with zero attached hydrogens (tertiary/aromatic N) is 2. The van der Waals surface area contributed by atoms with Crippen molar-refractivity contribution >= 4 is 39.0 Å². The van der Waals surface area contributed by atoms with E-state index < -0.39 is 0 Å². The Morgan fingerprint density at radius 3 is 2.68 bits per heavy atom. The maximum atomic E-state index is 4.73. The number of nitrogens with one attached hydrogen (secondary N) is 1. The molecule has 0 aliphatic rings. The van der Waals surface area contributed by atoms with Crippen molar-refractivity contribution in [1.29, 1.82) is 0 Å². The molecule has 2 aromatic heterocycles. The number of thioether (sulfide) groups is 1. The van der Waals surface area contributed by atoms with E-state index >= 15 is 0 Å². The predicted octanol–water partition coefficient (Wildman–Crippen LogP) is 5.60. The summed E-state index contributed by atoms with van der Waals surface area (Å²) in [6, 6.07) is 20.9. The summed E-state index contributed by atoms with van der Waals surface area (Å²) in [7, 11) is 0. The number of benzene rings is 2. The minimum Gasteiger partial charge on any atom is -0.381 e. The molecule has 5 heteroatoms. The average molecular weight is 364 g/mol.